The van der Waals surface area contributed by atoms with E-state index in [9.17, 15) is 14.7 Å². The first-order chi connectivity index (χ1) is 14.0. The summed E-state index contributed by atoms with van der Waals surface area (Å²) in [6, 6.07) is 9.62. The normalized spacial score (nSPS) is 16.8. The lowest BCUT2D eigenvalue weighted by atomic mass is 9.95. The molecule has 7 heteroatoms. The highest BCUT2D eigenvalue weighted by Crippen LogP contribution is 2.39. The van der Waals surface area contributed by atoms with Crippen molar-refractivity contribution in [1.82, 2.24) is 4.90 Å². The maximum Gasteiger partial charge on any atom is 0.290 e. The van der Waals surface area contributed by atoms with Gasteiger partial charge in [0.2, 0.25) is 5.78 Å². The molecule has 1 aromatic carbocycles. The van der Waals surface area contributed by atoms with Crippen LogP contribution in [0.2, 0.25) is 0 Å². The lowest BCUT2D eigenvalue weighted by Crippen LogP contribution is -3.12. The monoisotopic (exact) mass is 399 g/mol. The second-order valence-corrected chi connectivity index (χ2v) is 6.95. The molecule has 1 aliphatic rings. The van der Waals surface area contributed by atoms with Crippen LogP contribution >= 0.6 is 0 Å². The number of furan rings is 1. The van der Waals surface area contributed by atoms with Crippen molar-refractivity contribution in [2.75, 3.05) is 33.3 Å². The number of hydrogen-bond donors (Lipinski definition) is 2. The van der Waals surface area contributed by atoms with Gasteiger partial charge >= 0.3 is 0 Å². The molecule has 0 bridgehead atoms. The van der Waals surface area contributed by atoms with Gasteiger partial charge < -0.3 is 24.1 Å². The molecule has 0 saturated carbocycles. The minimum absolute atomic E-state index is 0.0460. The number of methoxy groups -OCH3 is 1. The molecule has 1 atom stereocenters. The van der Waals surface area contributed by atoms with Crippen molar-refractivity contribution in [2.24, 2.45) is 0 Å². The van der Waals surface area contributed by atoms with Crippen LogP contribution in [-0.2, 0) is 4.79 Å². The number of aliphatic hydroxyl groups is 1. The average molecular weight is 399 g/mol. The zero-order chi connectivity index (χ0) is 21.0. The third-order valence-corrected chi connectivity index (χ3v) is 5.43. The van der Waals surface area contributed by atoms with Crippen LogP contribution in [0.1, 0.15) is 36.0 Å². The largest absolute Gasteiger partial charge is 0.503 e. The van der Waals surface area contributed by atoms with Crippen molar-refractivity contribution in [3.63, 3.8) is 0 Å². The van der Waals surface area contributed by atoms with Gasteiger partial charge in [-0.2, -0.15) is 0 Å². The minimum atomic E-state index is -0.680. The van der Waals surface area contributed by atoms with E-state index in [-0.39, 0.29) is 11.3 Å². The van der Waals surface area contributed by atoms with Gasteiger partial charge in [0.25, 0.3) is 5.91 Å². The van der Waals surface area contributed by atoms with Crippen molar-refractivity contribution >= 4 is 11.7 Å². The molecule has 0 unspecified atom stereocenters. The van der Waals surface area contributed by atoms with Crippen molar-refractivity contribution in [3.05, 3.63) is 65.3 Å². The van der Waals surface area contributed by atoms with Crippen LogP contribution < -0.4 is 9.64 Å². The number of benzene rings is 1. The summed E-state index contributed by atoms with van der Waals surface area (Å²) in [6.07, 6.45) is 1.39. The summed E-state index contributed by atoms with van der Waals surface area (Å²) in [7, 11) is 1.57. The zero-order valence-corrected chi connectivity index (χ0v) is 17.0. The van der Waals surface area contributed by atoms with Gasteiger partial charge in [-0.15, -0.1) is 0 Å². The van der Waals surface area contributed by atoms with Gasteiger partial charge in [0.1, 0.15) is 5.75 Å². The number of carbonyl (C=O) groups excluding carboxylic acids is 2. The quantitative estimate of drug-likeness (QED) is 0.628. The standard InChI is InChI=1S/C22H26N2O5/c1-4-23(5-2)12-13-24-19(15-8-10-16(28-3)11-9-15)18(21(26)22(24)27)20(25)17-7-6-14-29-17/h6-11,14,19,26H,4-5,12-13H2,1-3H3/p+1/t19-/m0/s1. The molecule has 29 heavy (non-hydrogen) atoms. The fourth-order valence-corrected chi connectivity index (χ4v) is 3.67. The molecule has 0 aliphatic carbocycles. The SMILES string of the molecule is CC[NH+](CC)CCN1C(=O)C(O)=C(C(=O)c2ccco2)[C@@H]1c1ccc(OC)cc1. The van der Waals surface area contributed by atoms with E-state index in [0.717, 1.165) is 25.2 Å². The Bertz CT molecular complexity index is 882. The Hall–Kier alpha value is -3.06. The van der Waals surface area contributed by atoms with Crippen LogP contribution in [0.4, 0.5) is 0 Å². The molecule has 0 fully saturated rings. The van der Waals surface area contributed by atoms with Crippen molar-refractivity contribution < 1.29 is 28.7 Å². The molecular weight excluding hydrogens is 372 g/mol. The fraction of sp³-hybridized carbons (Fsp3) is 0.364. The second kappa shape index (κ2) is 8.96. The summed E-state index contributed by atoms with van der Waals surface area (Å²) in [4.78, 5) is 28.8. The molecule has 3 rings (SSSR count). The van der Waals surface area contributed by atoms with Gasteiger partial charge in [0, 0.05) is 0 Å². The summed E-state index contributed by atoms with van der Waals surface area (Å²) in [5, 5.41) is 10.6. The predicted molar refractivity (Wildman–Crippen MR) is 107 cm³/mol. The van der Waals surface area contributed by atoms with Crippen molar-refractivity contribution in [1.29, 1.82) is 0 Å². The number of amides is 1. The van der Waals surface area contributed by atoms with Gasteiger partial charge in [0.05, 0.1) is 51.2 Å². The first-order valence-electron chi connectivity index (χ1n) is 9.81. The van der Waals surface area contributed by atoms with Gasteiger partial charge in [0.15, 0.2) is 11.5 Å². The Kier molecular flexibility index (Phi) is 6.39. The molecule has 2 heterocycles. The van der Waals surface area contributed by atoms with E-state index in [1.54, 1.807) is 30.2 Å². The topological polar surface area (TPSA) is 84.4 Å². The van der Waals surface area contributed by atoms with E-state index in [4.69, 9.17) is 9.15 Å². The number of quaternary nitrogens is 1. The van der Waals surface area contributed by atoms with E-state index < -0.39 is 23.5 Å². The highest BCUT2D eigenvalue weighted by molar-refractivity contribution is 6.15. The van der Waals surface area contributed by atoms with E-state index >= 15 is 0 Å². The number of rotatable bonds is 9. The first-order valence-corrected chi connectivity index (χ1v) is 9.81. The van der Waals surface area contributed by atoms with Crippen LogP contribution in [0.15, 0.2) is 58.4 Å². The second-order valence-electron chi connectivity index (χ2n) is 6.95. The average Bonchev–Trinajstić information content (AvgIpc) is 3.37. The lowest BCUT2D eigenvalue weighted by molar-refractivity contribution is -0.895. The summed E-state index contributed by atoms with van der Waals surface area (Å²) in [6.45, 7) is 7.19. The minimum Gasteiger partial charge on any atom is -0.503 e. The number of Topliss-reactive ketones (excluding diaryl/α,β-unsaturated/α-hetero) is 1. The molecule has 2 aromatic rings. The molecule has 1 aliphatic heterocycles. The number of ether oxygens (including phenoxy) is 1. The number of carbonyl (C=O) groups is 2. The predicted octanol–water partition coefficient (Wildman–Crippen LogP) is 1.79. The molecule has 7 nitrogen and oxygen atoms in total. The van der Waals surface area contributed by atoms with E-state index in [0.29, 0.717) is 12.3 Å². The molecular formula is C22H27N2O5+. The summed E-state index contributed by atoms with van der Waals surface area (Å²) in [5.41, 5.74) is 0.775. The van der Waals surface area contributed by atoms with E-state index in [2.05, 4.69) is 13.8 Å². The number of hydrogen-bond acceptors (Lipinski definition) is 5. The molecule has 154 valence electrons. The molecule has 0 spiro atoms. The van der Waals surface area contributed by atoms with Gasteiger partial charge in [-0.25, -0.2) is 0 Å². The molecule has 0 radical (unpaired) electrons. The summed E-state index contributed by atoms with van der Waals surface area (Å²) >= 11 is 0. The van der Waals surface area contributed by atoms with Crippen molar-refractivity contribution in [3.8, 4) is 5.75 Å². The number of aliphatic hydroxyl groups excluding tert-OH is 1. The number of nitrogens with one attached hydrogen (secondary N) is 1. The van der Waals surface area contributed by atoms with Gasteiger partial charge in [-0.05, 0) is 43.7 Å². The third-order valence-electron chi connectivity index (χ3n) is 5.43. The zero-order valence-electron chi connectivity index (χ0n) is 17.0. The fourth-order valence-electron chi connectivity index (χ4n) is 3.67. The number of ketones is 1. The van der Waals surface area contributed by atoms with Gasteiger partial charge in [-0.3, -0.25) is 9.59 Å². The van der Waals surface area contributed by atoms with E-state index in [1.807, 2.05) is 12.1 Å². The maximum atomic E-state index is 13.0. The molecule has 2 N–H and O–H groups in total. The highest BCUT2D eigenvalue weighted by Gasteiger charge is 2.44. The van der Waals surface area contributed by atoms with Crippen LogP contribution in [-0.4, -0.2) is 55.0 Å². The first kappa shape index (κ1) is 20.7. The molecule has 1 amide bonds. The number of nitrogens with zero attached hydrogens (tertiary/aromatic N) is 1. The Balaban J connectivity index is 1.99. The summed E-state index contributed by atoms with van der Waals surface area (Å²) < 4.78 is 10.4. The third kappa shape index (κ3) is 4.05. The summed E-state index contributed by atoms with van der Waals surface area (Å²) in [5.74, 6) is -0.771. The Labute approximate surface area is 170 Å². The van der Waals surface area contributed by atoms with Crippen LogP contribution in [0.5, 0.6) is 5.75 Å². The number of likely N-dealkylation sites (N-methyl/N-ethyl adjacent to an activating group) is 1. The van der Waals surface area contributed by atoms with Crippen LogP contribution in [0.3, 0.4) is 0 Å². The van der Waals surface area contributed by atoms with Crippen LogP contribution in [0, 0.1) is 0 Å². The Morgan fingerprint density at radius 1 is 1.21 bits per heavy atom. The Morgan fingerprint density at radius 2 is 1.90 bits per heavy atom. The Morgan fingerprint density at radius 3 is 2.45 bits per heavy atom. The smallest absolute Gasteiger partial charge is 0.290 e. The van der Waals surface area contributed by atoms with Crippen LogP contribution in [0.25, 0.3) is 0 Å². The maximum absolute atomic E-state index is 13.0. The van der Waals surface area contributed by atoms with E-state index in [1.165, 1.54) is 17.2 Å². The van der Waals surface area contributed by atoms with Gasteiger partial charge in [-0.1, -0.05) is 12.1 Å². The molecule has 1 aromatic heterocycles. The van der Waals surface area contributed by atoms with Crippen molar-refractivity contribution in [2.45, 2.75) is 19.9 Å². The molecule has 0 saturated heterocycles. The highest BCUT2D eigenvalue weighted by atomic mass is 16.5. The lowest BCUT2D eigenvalue weighted by Gasteiger charge is -2.28.